The molecule has 0 spiro atoms. The molecule has 0 aromatic carbocycles. The molecule has 0 saturated heterocycles. The molecule has 0 fully saturated rings. The van der Waals surface area contributed by atoms with Gasteiger partial charge in [0.05, 0.1) is 13.2 Å². The Morgan fingerprint density at radius 1 is 1.36 bits per heavy atom. The van der Waals surface area contributed by atoms with Crippen LogP contribution in [0.2, 0.25) is 0 Å². The molecule has 1 aromatic rings. The van der Waals surface area contributed by atoms with E-state index in [1.54, 1.807) is 13.8 Å². The Kier molecular flexibility index (Phi) is 7.32. The lowest BCUT2D eigenvalue weighted by atomic mass is 10.5. The van der Waals surface area contributed by atoms with Crippen LogP contribution in [0.25, 0.3) is 0 Å². The molecule has 0 aliphatic heterocycles. The van der Waals surface area contributed by atoms with Gasteiger partial charge in [0.1, 0.15) is 0 Å². The van der Waals surface area contributed by atoms with Gasteiger partial charge in [-0.3, -0.25) is 0 Å². The summed E-state index contributed by atoms with van der Waals surface area (Å²) in [6.45, 7) is 6.24. The normalized spacial score (nSPS) is 8.50. The monoisotopic (exact) mass is 199 g/mol. The summed E-state index contributed by atoms with van der Waals surface area (Å²) in [4.78, 5) is 13.2. The van der Waals surface area contributed by atoms with Gasteiger partial charge in [-0.15, -0.1) is 0 Å². The first-order chi connectivity index (χ1) is 6.70. The lowest BCUT2D eigenvalue weighted by Gasteiger charge is -1.98. The number of carbonyl (C=O) groups excluding carboxylic acids is 1. The molecule has 4 heteroatoms. The third kappa shape index (κ3) is 7.21. The molecule has 0 aliphatic carbocycles. The summed E-state index contributed by atoms with van der Waals surface area (Å²) < 4.78 is 8.84. The molecule has 0 aliphatic rings. The van der Waals surface area contributed by atoms with Crippen molar-refractivity contribution in [2.75, 3.05) is 13.2 Å². The fraction of sp³-hybridized carbons (Fsp3) is 0.500. The van der Waals surface area contributed by atoms with E-state index in [4.69, 9.17) is 0 Å². The van der Waals surface area contributed by atoms with Crippen molar-refractivity contribution in [1.29, 1.82) is 0 Å². The molecule has 0 saturated carbocycles. The molecule has 0 bridgehead atoms. The predicted molar refractivity (Wildman–Crippen MR) is 54.2 cm³/mol. The van der Waals surface area contributed by atoms with Crippen LogP contribution < -0.4 is 0 Å². The van der Waals surface area contributed by atoms with Crippen molar-refractivity contribution in [3.05, 3.63) is 24.0 Å². The Hall–Kier alpha value is -1.45. The van der Waals surface area contributed by atoms with Crippen molar-refractivity contribution in [2.24, 2.45) is 0 Å². The van der Waals surface area contributed by atoms with Crippen LogP contribution in [0.5, 0.6) is 0 Å². The maximum atomic E-state index is 10.2. The summed E-state index contributed by atoms with van der Waals surface area (Å²) in [7, 11) is 0. The first kappa shape index (κ1) is 12.6. The Morgan fingerprint density at radius 2 is 1.93 bits per heavy atom. The third-order valence-corrected chi connectivity index (χ3v) is 1.28. The Balaban J connectivity index is 0.000000249. The maximum Gasteiger partial charge on any atom is 0.508 e. The van der Waals surface area contributed by atoms with Crippen molar-refractivity contribution in [2.45, 2.75) is 20.8 Å². The molecule has 0 atom stereocenters. The standard InChI is InChI=1S/C5H7N.C5H10O3/c1-5-3-2-4-6-5;1-3-7-5(6)8-4-2/h2-4,6H,1H3;3-4H2,1-2H3. The number of aromatic nitrogens is 1. The highest BCUT2D eigenvalue weighted by atomic mass is 16.7. The van der Waals surface area contributed by atoms with Gasteiger partial charge in [0, 0.05) is 11.9 Å². The fourth-order valence-electron chi connectivity index (χ4n) is 0.697. The minimum atomic E-state index is -0.588. The van der Waals surface area contributed by atoms with Crippen molar-refractivity contribution in [3.8, 4) is 0 Å². The van der Waals surface area contributed by atoms with E-state index in [1.165, 1.54) is 5.69 Å². The molecule has 4 nitrogen and oxygen atoms in total. The number of hydrogen-bond donors (Lipinski definition) is 1. The first-order valence-electron chi connectivity index (χ1n) is 4.60. The molecule has 1 heterocycles. The molecule has 1 aromatic heterocycles. The molecule has 0 radical (unpaired) electrons. The summed E-state index contributed by atoms with van der Waals surface area (Å²) in [6, 6.07) is 4.01. The van der Waals surface area contributed by atoms with Crippen LogP contribution in [0.15, 0.2) is 18.3 Å². The number of aryl methyl sites for hydroxylation is 1. The largest absolute Gasteiger partial charge is 0.508 e. The van der Waals surface area contributed by atoms with Crippen molar-refractivity contribution in [3.63, 3.8) is 0 Å². The summed E-state index contributed by atoms with van der Waals surface area (Å²) in [6.07, 6.45) is 1.32. The average molecular weight is 199 g/mol. The topological polar surface area (TPSA) is 51.3 Å². The lowest BCUT2D eigenvalue weighted by molar-refractivity contribution is 0.0630. The van der Waals surface area contributed by atoms with E-state index in [1.807, 2.05) is 25.3 Å². The molecule has 0 unspecified atom stereocenters. The zero-order chi connectivity index (χ0) is 10.8. The van der Waals surface area contributed by atoms with Crippen LogP contribution in [0, 0.1) is 6.92 Å². The van der Waals surface area contributed by atoms with Crippen molar-refractivity contribution in [1.82, 2.24) is 4.98 Å². The summed E-state index contributed by atoms with van der Waals surface area (Å²) >= 11 is 0. The van der Waals surface area contributed by atoms with Crippen molar-refractivity contribution >= 4 is 6.16 Å². The highest BCUT2D eigenvalue weighted by molar-refractivity contribution is 5.59. The minimum Gasteiger partial charge on any atom is -0.435 e. The van der Waals surface area contributed by atoms with Crippen molar-refractivity contribution < 1.29 is 14.3 Å². The Labute approximate surface area is 84.2 Å². The first-order valence-corrected chi connectivity index (χ1v) is 4.60. The van der Waals surface area contributed by atoms with E-state index in [0.29, 0.717) is 13.2 Å². The number of aromatic amines is 1. The maximum absolute atomic E-state index is 10.2. The molecule has 80 valence electrons. The van der Waals surface area contributed by atoms with Crippen LogP contribution in [-0.4, -0.2) is 24.4 Å². The van der Waals surface area contributed by atoms with Crippen LogP contribution >= 0.6 is 0 Å². The third-order valence-electron chi connectivity index (χ3n) is 1.28. The Bertz CT molecular complexity index is 224. The van der Waals surface area contributed by atoms with E-state index in [2.05, 4.69) is 14.5 Å². The highest BCUT2D eigenvalue weighted by Gasteiger charge is 1.96. The summed E-state index contributed by atoms with van der Waals surface area (Å²) in [5, 5.41) is 0. The number of H-pyrrole nitrogens is 1. The molecular weight excluding hydrogens is 182 g/mol. The second-order valence-electron chi connectivity index (χ2n) is 2.47. The minimum absolute atomic E-state index is 0.374. The number of carbonyl (C=O) groups is 1. The zero-order valence-electron chi connectivity index (χ0n) is 8.87. The van der Waals surface area contributed by atoms with Crippen LogP contribution in [0.3, 0.4) is 0 Å². The number of nitrogens with one attached hydrogen (secondary N) is 1. The molecule has 1 N–H and O–H groups in total. The van der Waals surface area contributed by atoms with Gasteiger partial charge in [0.2, 0.25) is 0 Å². The highest BCUT2D eigenvalue weighted by Crippen LogP contribution is 1.86. The van der Waals surface area contributed by atoms with Gasteiger partial charge in [0.15, 0.2) is 0 Å². The van der Waals surface area contributed by atoms with Gasteiger partial charge >= 0.3 is 6.16 Å². The molecule has 1 rings (SSSR count). The molecule has 14 heavy (non-hydrogen) atoms. The second kappa shape index (κ2) is 8.16. The Morgan fingerprint density at radius 3 is 2.14 bits per heavy atom. The van der Waals surface area contributed by atoms with Gasteiger partial charge in [-0.25, -0.2) is 4.79 Å². The summed E-state index contributed by atoms with van der Waals surface area (Å²) in [5.41, 5.74) is 1.22. The fourth-order valence-corrected chi connectivity index (χ4v) is 0.697. The zero-order valence-corrected chi connectivity index (χ0v) is 8.87. The van der Waals surface area contributed by atoms with Crippen LogP contribution in [0.1, 0.15) is 19.5 Å². The van der Waals surface area contributed by atoms with E-state index < -0.39 is 6.16 Å². The molecule has 0 amide bonds. The number of rotatable bonds is 2. The quantitative estimate of drug-likeness (QED) is 0.744. The van der Waals surface area contributed by atoms with Gasteiger partial charge in [-0.2, -0.15) is 0 Å². The average Bonchev–Trinajstić information content (AvgIpc) is 2.58. The lowest BCUT2D eigenvalue weighted by Crippen LogP contribution is -2.05. The predicted octanol–water partition coefficient (Wildman–Crippen LogP) is 2.50. The SMILES string of the molecule is CCOC(=O)OCC.Cc1ccc[nH]1. The number of hydrogen-bond acceptors (Lipinski definition) is 3. The molecular formula is C10H17NO3. The number of ether oxygens (including phenoxy) is 2. The van der Waals surface area contributed by atoms with E-state index in [0.717, 1.165) is 0 Å². The van der Waals surface area contributed by atoms with Crippen LogP contribution in [-0.2, 0) is 9.47 Å². The van der Waals surface area contributed by atoms with E-state index in [-0.39, 0.29) is 0 Å². The van der Waals surface area contributed by atoms with Gasteiger partial charge in [0.25, 0.3) is 0 Å². The van der Waals surface area contributed by atoms with Crippen LogP contribution in [0.4, 0.5) is 4.79 Å². The van der Waals surface area contributed by atoms with E-state index >= 15 is 0 Å². The van der Waals surface area contributed by atoms with Gasteiger partial charge < -0.3 is 14.5 Å². The van der Waals surface area contributed by atoms with Gasteiger partial charge in [-0.05, 0) is 32.9 Å². The second-order valence-corrected chi connectivity index (χ2v) is 2.47. The van der Waals surface area contributed by atoms with Gasteiger partial charge in [-0.1, -0.05) is 0 Å². The van der Waals surface area contributed by atoms with E-state index in [9.17, 15) is 4.79 Å². The summed E-state index contributed by atoms with van der Waals surface area (Å²) in [5.74, 6) is 0. The smallest absolute Gasteiger partial charge is 0.435 e.